The van der Waals surface area contributed by atoms with Crippen LogP contribution in [0.2, 0.25) is 0 Å². The monoisotopic (exact) mass is 385 g/mol. The van der Waals surface area contributed by atoms with Crippen LogP contribution in [-0.2, 0) is 0 Å². The molecular weight excluding hydrogens is 357 g/mol. The first-order valence-corrected chi connectivity index (χ1v) is 9.83. The van der Waals surface area contributed by atoms with Gasteiger partial charge in [-0.1, -0.05) is 6.07 Å². The molecule has 1 aliphatic heterocycles. The quantitative estimate of drug-likeness (QED) is 0.618. The van der Waals surface area contributed by atoms with Gasteiger partial charge in [-0.25, -0.2) is 4.39 Å². The van der Waals surface area contributed by atoms with Crippen LogP contribution >= 0.6 is 0 Å². The summed E-state index contributed by atoms with van der Waals surface area (Å²) in [5, 5.41) is 0. The number of likely N-dealkylation sites (tertiary alicyclic amines) is 1. The van der Waals surface area contributed by atoms with Gasteiger partial charge in [0, 0.05) is 18.5 Å². The first-order chi connectivity index (χ1) is 13.6. The van der Waals surface area contributed by atoms with Gasteiger partial charge >= 0.3 is 0 Å². The van der Waals surface area contributed by atoms with Crippen LogP contribution in [0.25, 0.3) is 0 Å². The number of piperidine rings is 1. The second-order valence-corrected chi connectivity index (χ2v) is 7.29. The highest BCUT2D eigenvalue weighted by Crippen LogP contribution is 2.34. The maximum absolute atomic E-state index is 13.0. The summed E-state index contributed by atoms with van der Waals surface area (Å²) in [6.45, 7) is 2.95. The molecule has 0 spiro atoms. The van der Waals surface area contributed by atoms with Gasteiger partial charge in [-0.3, -0.25) is 4.79 Å². The number of carbonyl (C=O) groups is 1. The Balaban J connectivity index is 1.52. The zero-order chi connectivity index (χ0) is 19.9. The van der Waals surface area contributed by atoms with Crippen molar-refractivity contribution in [2.75, 3.05) is 33.9 Å². The Morgan fingerprint density at radius 3 is 2.57 bits per heavy atom. The number of benzene rings is 2. The minimum atomic E-state index is -0.314. The summed E-state index contributed by atoms with van der Waals surface area (Å²) in [5.74, 6) is 1.74. The summed E-state index contributed by atoms with van der Waals surface area (Å²) in [7, 11) is 3.31. The van der Waals surface area contributed by atoms with E-state index in [4.69, 9.17) is 9.47 Å². The number of ketones is 1. The van der Waals surface area contributed by atoms with Gasteiger partial charge in [0.1, 0.15) is 5.82 Å². The number of hydrogen-bond acceptors (Lipinski definition) is 4. The number of Topliss-reactive ketones (excluding diaryl/α,β-unsaturated/α-hetero) is 1. The molecule has 0 saturated carbocycles. The minimum absolute atomic E-state index is 0.0773. The average molecular weight is 385 g/mol. The Morgan fingerprint density at radius 1 is 1.11 bits per heavy atom. The number of hydrogen-bond donors (Lipinski definition) is 0. The van der Waals surface area contributed by atoms with Crippen molar-refractivity contribution in [2.24, 2.45) is 0 Å². The lowest BCUT2D eigenvalue weighted by Crippen LogP contribution is -2.35. The van der Waals surface area contributed by atoms with E-state index < -0.39 is 0 Å². The maximum atomic E-state index is 13.0. The van der Waals surface area contributed by atoms with Crippen molar-refractivity contribution in [3.63, 3.8) is 0 Å². The molecule has 4 nitrogen and oxygen atoms in total. The third-order valence-corrected chi connectivity index (χ3v) is 5.43. The molecule has 1 saturated heterocycles. The number of rotatable bonds is 8. The SMILES string of the molecule is COc1ccc(C2CCCN(CCCC(=O)c3ccc(F)cc3)C2)cc1OC. The minimum Gasteiger partial charge on any atom is -0.493 e. The molecule has 1 unspecified atom stereocenters. The lowest BCUT2D eigenvalue weighted by molar-refractivity contribution is 0.0972. The summed E-state index contributed by atoms with van der Waals surface area (Å²) < 4.78 is 23.7. The van der Waals surface area contributed by atoms with E-state index in [0.717, 1.165) is 50.4 Å². The molecule has 0 amide bonds. The Hall–Kier alpha value is -2.40. The third kappa shape index (κ3) is 5.10. The smallest absolute Gasteiger partial charge is 0.162 e. The molecular formula is C23H28FNO3. The molecule has 150 valence electrons. The molecule has 0 aliphatic carbocycles. The van der Waals surface area contributed by atoms with E-state index in [1.165, 1.54) is 17.7 Å². The Labute approximate surface area is 166 Å². The van der Waals surface area contributed by atoms with Gasteiger partial charge in [-0.2, -0.15) is 0 Å². The fraction of sp³-hybridized carbons (Fsp3) is 0.435. The lowest BCUT2D eigenvalue weighted by atomic mass is 9.90. The van der Waals surface area contributed by atoms with Gasteiger partial charge in [0.15, 0.2) is 17.3 Å². The zero-order valence-corrected chi connectivity index (χ0v) is 16.6. The highest BCUT2D eigenvalue weighted by atomic mass is 19.1. The highest BCUT2D eigenvalue weighted by molar-refractivity contribution is 5.95. The Bertz CT molecular complexity index is 791. The predicted molar refractivity (Wildman–Crippen MR) is 108 cm³/mol. The molecule has 2 aromatic carbocycles. The Kier molecular flexibility index (Phi) is 7.04. The largest absolute Gasteiger partial charge is 0.493 e. The van der Waals surface area contributed by atoms with Gasteiger partial charge in [-0.05, 0) is 80.2 Å². The fourth-order valence-electron chi connectivity index (χ4n) is 3.88. The van der Waals surface area contributed by atoms with Crippen LogP contribution in [0, 0.1) is 5.82 Å². The zero-order valence-electron chi connectivity index (χ0n) is 16.6. The van der Waals surface area contributed by atoms with Gasteiger partial charge in [0.05, 0.1) is 14.2 Å². The van der Waals surface area contributed by atoms with E-state index in [1.54, 1.807) is 26.4 Å². The lowest BCUT2D eigenvalue weighted by Gasteiger charge is -2.33. The van der Waals surface area contributed by atoms with Crippen molar-refractivity contribution in [2.45, 2.75) is 31.6 Å². The molecule has 1 heterocycles. The second kappa shape index (κ2) is 9.69. The highest BCUT2D eigenvalue weighted by Gasteiger charge is 2.22. The molecule has 28 heavy (non-hydrogen) atoms. The van der Waals surface area contributed by atoms with Crippen molar-refractivity contribution in [1.29, 1.82) is 0 Å². The predicted octanol–water partition coefficient (Wildman–Crippen LogP) is 4.69. The average Bonchev–Trinajstić information content (AvgIpc) is 2.73. The molecule has 0 N–H and O–H groups in total. The summed E-state index contributed by atoms with van der Waals surface area (Å²) in [6, 6.07) is 12.0. The van der Waals surface area contributed by atoms with Crippen LogP contribution in [0.5, 0.6) is 11.5 Å². The molecule has 1 fully saturated rings. The van der Waals surface area contributed by atoms with E-state index in [2.05, 4.69) is 17.0 Å². The topological polar surface area (TPSA) is 38.8 Å². The molecule has 2 aromatic rings. The first-order valence-electron chi connectivity index (χ1n) is 9.83. The van der Waals surface area contributed by atoms with E-state index >= 15 is 0 Å². The Morgan fingerprint density at radius 2 is 1.86 bits per heavy atom. The van der Waals surface area contributed by atoms with Gasteiger partial charge < -0.3 is 14.4 Å². The number of halogens is 1. The fourth-order valence-corrected chi connectivity index (χ4v) is 3.88. The maximum Gasteiger partial charge on any atom is 0.162 e. The summed E-state index contributed by atoms with van der Waals surface area (Å²) in [4.78, 5) is 14.7. The molecule has 0 bridgehead atoms. The summed E-state index contributed by atoms with van der Waals surface area (Å²) in [6.07, 6.45) is 3.60. The third-order valence-electron chi connectivity index (χ3n) is 5.43. The van der Waals surface area contributed by atoms with E-state index in [1.807, 2.05) is 6.07 Å². The van der Waals surface area contributed by atoms with Crippen molar-refractivity contribution < 1.29 is 18.7 Å². The molecule has 0 radical (unpaired) electrons. The molecule has 5 heteroatoms. The van der Waals surface area contributed by atoms with Crippen molar-refractivity contribution >= 4 is 5.78 Å². The van der Waals surface area contributed by atoms with Gasteiger partial charge in [0.2, 0.25) is 0 Å². The summed E-state index contributed by atoms with van der Waals surface area (Å²) >= 11 is 0. The number of ether oxygens (including phenoxy) is 2. The van der Waals surface area contributed by atoms with Crippen molar-refractivity contribution in [1.82, 2.24) is 4.90 Å². The van der Waals surface area contributed by atoms with Crippen LogP contribution < -0.4 is 9.47 Å². The normalized spacial score (nSPS) is 17.3. The second-order valence-electron chi connectivity index (χ2n) is 7.29. The van der Waals surface area contributed by atoms with Crippen LogP contribution in [-0.4, -0.2) is 44.5 Å². The van der Waals surface area contributed by atoms with Crippen LogP contribution in [0.4, 0.5) is 4.39 Å². The van der Waals surface area contributed by atoms with E-state index in [9.17, 15) is 9.18 Å². The first kappa shape index (κ1) is 20.3. The van der Waals surface area contributed by atoms with Crippen LogP contribution in [0.3, 0.4) is 0 Å². The molecule has 1 atom stereocenters. The van der Waals surface area contributed by atoms with Crippen LogP contribution in [0.15, 0.2) is 42.5 Å². The van der Waals surface area contributed by atoms with Crippen LogP contribution in [0.1, 0.15) is 47.5 Å². The molecule has 3 rings (SSSR count). The standard InChI is InChI=1S/C23H28FNO3/c1-27-22-12-9-18(15-23(22)28-2)19-5-3-13-25(16-19)14-4-6-21(26)17-7-10-20(24)11-8-17/h7-12,15,19H,3-6,13-14,16H2,1-2H3. The molecule has 0 aromatic heterocycles. The summed E-state index contributed by atoms with van der Waals surface area (Å²) in [5.41, 5.74) is 1.85. The number of carbonyl (C=O) groups excluding carboxylic acids is 1. The van der Waals surface area contributed by atoms with Gasteiger partial charge in [-0.15, -0.1) is 0 Å². The van der Waals surface area contributed by atoms with E-state index in [-0.39, 0.29) is 11.6 Å². The van der Waals surface area contributed by atoms with Crippen molar-refractivity contribution in [3.8, 4) is 11.5 Å². The van der Waals surface area contributed by atoms with Crippen molar-refractivity contribution in [3.05, 3.63) is 59.4 Å². The number of nitrogens with zero attached hydrogens (tertiary/aromatic N) is 1. The molecule has 1 aliphatic rings. The van der Waals surface area contributed by atoms with Gasteiger partial charge in [0.25, 0.3) is 0 Å². The number of methoxy groups -OCH3 is 2. The van der Waals surface area contributed by atoms with E-state index in [0.29, 0.717) is 17.9 Å².